The van der Waals surface area contributed by atoms with Gasteiger partial charge in [0.2, 0.25) is 0 Å². The second kappa shape index (κ2) is 9.43. The maximum Gasteiger partial charge on any atom is 0.385 e. The molecule has 27 heavy (non-hydrogen) atoms. The van der Waals surface area contributed by atoms with Crippen molar-refractivity contribution in [1.82, 2.24) is 4.31 Å². The van der Waals surface area contributed by atoms with Gasteiger partial charge in [0.05, 0.1) is 14.2 Å². The molecule has 0 radical (unpaired) electrons. The third kappa shape index (κ3) is 6.12. The summed E-state index contributed by atoms with van der Waals surface area (Å²) in [5.74, 6) is 1.58. The molecular weight excluding hydrogens is 434 g/mol. The zero-order valence-corrected chi connectivity index (χ0v) is 18.2. The van der Waals surface area contributed by atoms with Crippen LogP contribution in [0.1, 0.15) is 19.4 Å². The first-order valence-electron chi connectivity index (χ1n) is 8.41. The minimum absolute atomic E-state index is 0.123. The van der Waals surface area contributed by atoms with Crippen LogP contribution in [0.5, 0.6) is 17.2 Å². The van der Waals surface area contributed by atoms with E-state index in [9.17, 15) is 8.42 Å². The molecule has 0 saturated carbocycles. The van der Waals surface area contributed by atoms with E-state index in [2.05, 4.69) is 15.9 Å². The van der Waals surface area contributed by atoms with Crippen molar-refractivity contribution in [2.75, 3.05) is 20.8 Å². The zero-order chi connectivity index (χ0) is 20.0. The number of ether oxygens (including phenoxy) is 2. The van der Waals surface area contributed by atoms with Gasteiger partial charge in [0.25, 0.3) is 0 Å². The topological polar surface area (TPSA) is 65.1 Å². The van der Waals surface area contributed by atoms with Gasteiger partial charge in [0.15, 0.2) is 0 Å². The molecule has 0 unspecified atom stereocenters. The summed E-state index contributed by atoms with van der Waals surface area (Å²) in [6.07, 6.45) is 0. The number of hydrogen-bond donors (Lipinski definition) is 0. The molecule has 0 saturated heterocycles. The monoisotopic (exact) mass is 457 g/mol. The number of rotatable bonds is 9. The third-order valence-electron chi connectivity index (χ3n) is 3.74. The van der Waals surface area contributed by atoms with E-state index in [1.165, 1.54) is 11.4 Å². The van der Waals surface area contributed by atoms with E-state index in [4.69, 9.17) is 13.7 Å². The highest BCUT2D eigenvalue weighted by molar-refractivity contribution is 9.10. The lowest BCUT2D eigenvalue weighted by molar-refractivity contribution is 0.316. The van der Waals surface area contributed by atoms with Gasteiger partial charge < -0.3 is 13.7 Å². The minimum Gasteiger partial charge on any atom is -0.497 e. The second-order valence-electron chi connectivity index (χ2n) is 6.36. The van der Waals surface area contributed by atoms with Crippen LogP contribution in [-0.2, 0) is 16.8 Å². The number of halogens is 1. The molecule has 0 aliphatic rings. The smallest absolute Gasteiger partial charge is 0.385 e. The van der Waals surface area contributed by atoms with E-state index in [0.717, 1.165) is 10.0 Å². The Bertz CT molecular complexity index is 853. The van der Waals surface area contributed by atoms with E-state index in [1.54, 1.807) is 49.6 Å². The number of methoxy groups -OCH3 is 2. The largest absolute Gasteiger partial charge is 0.497 e. The van der Waals surface area contributed by atoms with E-state index < -0.39 is 10.3 Å². The Balaban J connectivity index is 2.30. The fourth-order valence-corrected chi connectivity index (χ4v) is 3.98. The van der Waals surface area contributed by atoms with E-state index >= 15 is 0 Å². The average molecular weight is 458 g/mol. The van der Waals surface area contributed by atoms with Gasteiger partial charge in [-0.25, -0.2) is 0 Å². The molecule has 8 heteroatoms. The molecule has 6 nitrogen and oxygen atoms in total. The van der Waals surface area contributed by atoms with Crippen LogP contribution in [0.2, 0.25) is 0 Å². The lowest BCUT2D eigenvalue weighted by Crippen LogP contribution is -2.36. The van der Waals surface area contributed by atoms with Crippen molar-refractivity contribution < 1.29 is 22.1 Å². The van der Waals surface area contributed by atoms with Crippen LogP contribution < -0.4 is 13.7 Å². The number of benzene rings is 2. The van der Waals surface area contributed by atoms with Gasteiger partial charge >= 0.3 is 10.3 Å². The van der Waals surface area contributed by atoms with Crippen molar-refractivity contribution >= 4 is 26.2 Å². The van der Waals surface area contributed by atoms with Crippen LogP contribution in [0.3, 0.4) is 0 Å². The molecule has 0 bridgehead atoms. The van der Waals surface area contributed by atoms with Crippen molar-refractivity contribution in [2.24, 2.45) is 5.92 Å². The molecule has 0 spiro atoms. The predicted molar refractivity (Wildman–Crippen MR) is 108 cm³/mol. The van der Waals surface area contributed by atoms with Crippen LogP contribution in [0.15, 0.2) is 46.9 Å². The summed E-state index contributed by atoms with van der Waals surface area (Å²) in [4.78, 5) is 0. The molecule has 0 heterocycles. The fraction of sp³-hybridized carbons (Fsp3) is 0.368. The molecule has 0 N–H and O–H groups in total. The summed E-state index contributed by atoms with van der Waals surface area (Å²) in [6, 6.07) is 11.9. The molecule has 0 atom stereocenters. The summed E-state index contributed by atoms with van der Waals surface area (Å²) in [7, 11) is -0.886. The first kappa shape index (κ1) is 21.5. The lowest BCUT2D eigenvalue weighted by Gasteiger charge is -2.24. The number of hydrogen-bond acceptors (Lipinski definition) is 5. The SMILES string of the molecule is COc1ccc(CN(CC(C)C)S(=O)(=O)Oc2ccc(Br)cc2)c(OC)c1. The molecule has 2 rings (SSSR count). The van der Waals surface area contributed by atoms with Crippen LogP contribution in [0.4, 0.5) is 0 Å². The highest BCUT2D eigenvalue weighted by Crippen LogP contribution is 2.27. The maximum atomic E-state index is 12.9. The summed E-state index contributed by atoms with van der Waals surface area (Å²) >= 11 is 3.32. The minimum atomic E-state index is -3.99. The van der Waals surface area contributed by atoms with Crippen molar-refractivity contribution in [3.05, 3.63) is 52.5 Å². The molecule has 0 aromatic heterocycles. The summed E-state index contributed by atoms with van der Waals surface area (Å²) < 4.78 is 43.8. The molecule has 0 aliphatic carbocycles. The summed E-state index contributed by atoms with van der Waals surface area (Å²) in [6.45, 7) is 4.35. The fourth-order valence-electron chi connectivity index (χ4n) is 2.48. The van der Waals surface area contributed by atoms with Crippen molar-refractivity contribution in [3.63, 3.8) is 0 Å². The Morgan fingerprint density at radius 1 is 1.00 bits per heavy atom. The molecule has 0 aliphatic heterocycles. The van der Waals surface area contributed by atoms with Gasteiger partial charge in [0.1, 0.15) is 17.2 Å². The predicted octanol–water partition coefficient (Wildman–Crippen LogP) is 4.25. The van der Waals surface area contributed by atoms with Crippen LogP contribution in [0, 0.1) is 5.92 Å². The van der Waals surface area contributed by atoms with E-state index in [1.807, 2.05) is 13.8 Å². The summed E-state index contributed by atoms with van der Waals surface area (Å²) in [5.41, 5.74) is 0.724. The molecule has 0 amide bonds. The van der Waals surface area contributed by atoms with Crippen LogP contribution >= 0.6 is 15.9 Å². The summed E-state index contributed by atoms with van der Waals surface area (Å²) in [5, 5.41) is 0. The van der Waals surface area contributed by atoms with Gasteiger partial charge in [0, 0.05) is 29.2 Å². The molecular formula is C19H24BrNO5S. The Kier molecular flexibility index (Phi) is 7.52. The first-order chi connectivity index (χ1) is 12.7. The van der Waals surface area contributed by atoms with Gasteiger partial charge in [-0.1, -0.05) is 35.8 Å². The van der Waals surface area contributed by atoms with Crippen LogP contribution in [0.25, 0.3) is 0 Å². The third-order valence-corrected chi connectivity index (χ3v) is 5.58. The molecule has 2 aromatic carbocycles. The molecule has 148 valence electrons. The second-order valence-corrected chi connectivity index (χ2v) is 8.81. The normalized spacial score (nSPS) is 11.7. The maximum absolute atomic E-state index is 12.9. The van der Waals surface area contributed by atoms with Gasteiger partial charge in [-0.2, -0.15) is 12.7 Å². The van der Waals surface area contributed by atoms with E-state index in [0.29, 0.717) is 18.0 Å². The quantitative estimate of drug-likeness (QED) is 0.562. The van der Waals surface area contributed by atoms with Gasteiger partial charge in [-0.3, -0.25) is 0 Å². The Labute approximate surface area is 169 Å². The average Bonchev–Trinajstić information content (AvgIpc) is 2.62. The van der Waals surface area contributed by atoms with Crippen LogP contribution in [-0.4, -0.2) is 33.5 Å². The van der Waals surface area contributed by atoms with Crippen molar-refractivity contribution in [2.45, 2.75) is 20.4 Å². The van der Waals surface area contributed by atoms with Crippen molar-refractivity contribution in [3.8, 4) is 17.2 Å². The lowest BCUT2D eigenvalue weighted by atomic mass is 10.1. The highest BCUT2D eigenvalue weighted by atomic mass is 79.9. The van der Waals surface area contributed by atoms with Gasteiger partial charge in [-0.15, -0.1) is 0 Å². The van der Waals surface area contributed by atoms with Gasteiger partial charge in [-0.05, 0) is 36.2 Å². The Morgan fingerprint density at radius 2 is 1.63 bits per heavy atom. The standard InChI is InChI=1S/C19H24BrNO5S/c1-14(2)12-21(13-15-5-8-18(24-3)11-19(15)25-4)27(22,23)26-17-9-6-16(20)7-10-17/h5-11,14H,12-13H2,1-4H3. The van der Waals surface area contributed by atoms with Crippen molar-refractivity contribution in [1.29, 1.82) is 0 Å². The number of nitrogens with zero attached hydrogens (tertiary/aromatic N) is 1. The zero-order valence-electron chi connectivity index (χ0n) is 15.8. The van der Waals surface area contributed by atoms with E-state index in [-0.39, 0.29) is 18.2 Å². The first-order valence-corrected chi connectivity index (χ1v) is 10.6. The highest BCUT2D eigenvalue weighted by Gasteiger charge is 2.26. The molecule has 0 fully saturated rings. The molecule has 2 aromatic rings. The Morgan fingerprint density at radius 3 is 2.19 bits per heavy atom. The Hall–Kier alpha value is -1.77.